The number of amides is 1. The van der Waals surface area contributed by atoms with Crippen molar-refractivity contribution in [1.29, 1.82) is 0 Å². The van der Waals surface area contributed by atoms with Crippen LogP contribution in [0.4, 0.5) is 32.0 Å². The molecule has 2 aromatic rings. The fourth-order valence-corrected chi connectivity index (χ4v) is 2.25. The lowest BCUT2D eigenvalue weighted by Crippen LogP contribution is -2.21. The van der Waals surface area contributed by atoms with Gasteiger partial charge in [-0.25, -0.2) is 0 Å². The van der Waals surface area contributed by atoms with E-state index in [9.17, 15) is 31.1 Å². The number of carbonyl (C=O) groups excluding carboxylic acids is 1. The van der Waals surface area contributed by atoms with Crippen LogP contribution in [0, 0.1) is 13.8 Å². The van der Waals surface area contributed by atoms with Gasteiger partial charge in [0.2, 0.25) is 0 Å². The molecule has 0 aliphatic heterocycles. The summed E-state index contributed by atoms with van der Waals surface area (Å²) >= 11 is 0. The van der Waals surface area contributed by atoms with Crippen LogP contribution in [-0.4, -0.2) is 12.5 Å². The Balaban J connectivity index is 2.18. The summed E-state index contributed by atoms with van der Waals surface area (Å²) in [7, 11) is 0. The third-order valence-electron chi connectivity index (χ3n) is 3.79. The van der Waals surface area contributed by atoms with Gasteiger partial charge in [0.05, 0.1) is 11.1 Å². The monoisotopic (exact) mass is 391 g/mol. The summed E-state index contributed by atoms with van der Waals surface area (Å²) in [6, 6.07) is 5.97. The van der Waals surface area contributed by atoms with Gasteiger partial charge in [0.1, 0.15) is 5.75 Å². The minimum absolute atomic E-state index is 0.0116. The first kappa shape index (κ1) is 20.6. The summed E-state index contributed by atoms with van der Waals surface area (Å²) in [6.07, 6.45) is -9.98. The van der Waals surface area contributed by atoms with E-state index in [1.807, 2.05) is 18.3 Å². The molecule has 0 heterocycles. The van der Waals surface area contributed by atoms with Crippen molar-refractivity contribution in [3.63, 3.8) is 0 Å². The van der Waals surface area contributed by atoms with E-state index in [1.165, 1.54) is 0 Å². The normalized spacial score (nSPS) is 12.0. The first-order valence-corrected chi connectivity index (χ1v) is 7.66. The molecule has 0 aromatic heterocycles. The Morgan fingerprint density at radius 3 is 2.04 bits per heavy atom. The topological polar surface area (TPSA) is 38.3 Å². The molecule has 1 N–H and O–H groups in total. The maximum atomic E-state index is 12.8. The Kier molecular flexibility index (Phi) is 5.72. The summed E-state index contributed by atoms with van der Waals surface area (Å²) in [5.74, 6) is -0.492. The zero-order valence-electron chi connectivity index (χ0n) is 14.3. The van der Waals surface area contributed by atoms with Crippen LogP contribution >= 0.6 is 0 Å². The average Bonchev–Trinajstić information content (AvgIpc) is 2.54. The molecule has 0 aliphatic rings. The zero-order chi connectivity index (χ0) is 20.4. The molecular weight excluding hydrogens is 376 g/mol. The quantitative estimate of drug-likeness (QED) is 0.713. The summed E-state index contributed by atoms with van der Waals surface area (Å²) < 4.78 is 82.2. The molecule has 0 saturated carbocycles. The number of hydrogen-bond acceptors (Lipinski definition) is 2. The summed E-state index contributed by atoms with van der Waals surface area (Å²) in [5, 5.41) is 2.01. The highest BCUT2D eigenvalue weighted by molar-refractivity contribution is 5.92. The maximum Gasteiger partial charge on any atom is 0.416 e. The Labute approximate surface area is 150 Å². The van der Waals surface area contributed by atoms with E-state index < -0.39 is 41.7 Å². The van der Waals surface area contributed by atoms with Crippen molar-refractivity contribution in [3.05, 3.63) is 58.7 Å². The largest absolute Gasteiger partial charge is 0.483 e. The third kappa shape index (κ3) is 5.38. The zero-order valence-corrected chi connectivity index (χ0v) is 14.3. The van der Waals surface area contributed by atoms with Crippen molar-refractivity contribution in [2.75, 3.05) is 11.9 Å². The van der Waals surface area contributed by atoms with Gasteiger partial charge in [0, 0.05) is 5.69 Å². The summed E-state index contributed by atoms with van der Waals surface area (Å²) in [4.78, 5) is 11.9. The van der Waals surface area contributed by atoms with E-state index in [0.29, 0.717) is 17.9 Å². The molecule has 2 rings (SSSR count). The molecule has 27 heavy (non-hydrogen) atoms. The van der Waals surface area contributed by atoms with Crippen molar-refractivity contribution in [2.24, 2.45) is 0 Å². The number of carbonyl (C=O) groups is 1. The molecule has 0 unspecified atom stereocenters. The minimum Gasteiger partial charge on any atom is -0.483 e. The molecule has 0 radical (unpaired) electrons. The molecular formula is C18H15F6NO2. The van der Waals surface area contributed by atoms with Crippen LogP contribution in [0.15, 0.2) is 36.4 Å². The van der Waals surface area contributed by atoms with Crippen molar-refractivity contribution in [3.8, 4) is 5.75 Å². The van der Waals surface area contributed by atoms with Gasteiger partial charge in [-0.15, -0.1) is 0 Å². The average molecular weight is 391 g/mol. The summed E-state index contributed by atoms with van der Waals surface area (Å²) in [5.41, 5.74) is -1.97. The Bertz CT molecular complexity index is 810. The number of alkyl halides is 6. The number of rotatable bonds is 4. The van der Waals surface area contributed by atoms with Gasteiger partial charge in [-0.3, -0.25) is 4.79 Å². The van der Waals surface area contributed by atoms with Crippen molar-refractivity contribution >= 4 is 11.6 Å². The molecule has 1 amide bonds. The number of aryl methyl sites for hydroxylation is 1. The maximum absolute atomic E-state index is 12.8. The second-order valence-electron chi connectivity index (χ2n) is 5.83. The predicted octanol–water partition coefficient (Wildman–Crippen LogP) is 5.36. The van der Waals surface area contributed by atoms with Gasteiger partial charge in [0.15, 0.2) is 6.61 Å². The second-order valence-corrected chi connectivity index (χ2v) is 5.83. The highest BCUT2D eigenvalue weighted by Gasteiger charge is 2.37. The lowest BCUT2D eigenvalue weighted by Gasteiger charge is -2.15. The smallest absolute Gasteiger partial charge is 0.416 e. The summed E-state index contributed by atoms with van der Waals surface area (Å²) in [6.45, 7) is 3.01. The third-order valence-corrected chi connectivity index (χ3v) is 3.79. The Morgan fingerprint density at radius 2 is 1.52 bits per heavy atom. The number of hydrogen-bond donors (Lipinski definition) is 1. The molecule has 3 nitrogen and oxygen atoms in total. The lowest BCUT2D eigenvalue weighted by molar-refractivity contribution is -0.143. The number of nitrogens with one attached hydrogen (secondary N) is 1. The van der Waals surface area contributed by atoms with Gasteiger partial charge >= 0.3 is 12.4 Å². The first-order chi connectivity index (χ1) is 12.4. The molecule has 0 atom stereocenters. The molecule has 0 bridgehead atoms. The molecule has 146 valence electrons. The van der Waals surface area contributed by atoms with Gasteiger partial charge in [0.25, 0.3) is 5.91 Å². The molecule has 0 aliphatic carbocycles. The second kappa shape index (κ2) is 7.50. The molecule has 2 aromatic carbocycles. The fourth-order valence-electron chi connectivity index (χ4n) is 2.25. The van der Waals surface area contributed by atoms with Crippen molar-refractivity contribution < 1.29 is 35.9 Å². The van der Waals surface area contributed by atoms with E-state index in [4.69, 9.17) is 4.74 Å². The minimum atomic E-state index is -4.99. The first-order valence-electron chi connectivity index (χ1n) is 7.66. The SMILES string of the molecule is Cc1cccc(OCC(=O)Nc2cc(C(F)(F)F)cc(C(F)(F)F)c2)c1C. The number of ether oxygens (including phenoxy) is 1. The lowest BCUT2D eigenvalue weighted by atomic mass is 10.1. The molecule has 9 heteroatoms. The number of benzene rings is 2. The fraction of sp³-hybridized carbons (Fsp3) is 0.278. The van der Waals surface area contributed by atoms with Gasteiger partial charge in [-0.05, 0) is 49.2 Å². The van der Waals surface area contributed by atoms with Crippen LogP contribution in [0.25, 0.3) is 0 Å². The number of anilines is 1. The Hall–Kier alpha value is -2.71. The van der Waals surface area contributed by atoms with Crippen LogP contribution in [0.1, 0.15) is 22.3 Å². The highest BCUT2D eigenvalue weighted by atomic mass is 19.4. The van der Waals surface area contributed by atoms with Crippen LogP contribution in [0.5, 0.6) is 5.75 Å². The molecule has 0 saturated heterocycles. The highest BCUT2D eigenvalue weighted by Crippen LogP contribution is 2.37. The van der Waals surface area contributed by atoms with Gasteiger partial charge in [-0.1, -0.05) is 12.1 Å². The van der Waals surface area contributed by atoms with Gasteiger partial charge < -0.3 is 10.1 Å². The van der Waals surface area contributed by atoms with Crippen molar-refractivity contribution in [1.82, 2.24) is 0 Å². The van der Waals surface area contributed by atoms with E-state index in [-0.39, 0.29) is 6.07 Å². The van der Waals surface area contributed by atoms with Crippen LogP contribution in [-0.2, 0) is 17.1 Å². The van der Waals surface area contributed by atoms with Crippen LogP contribution < -0.4 is 10.1 Å². The van der Waals surface area contributed by atoms with Crippen LogP contribution in [0.3, 0.4) is 0 Å². The molecule has 0 spiro atoms. The van der Waals surface area contributed by atoms with E-state index in [2.05, 4.69) is 0 Å². The van der Waals surface area contributed by atoms with Crippen molar-refractivity contribution in [2.45, 2.75) is 26.2 Å². The standard InChI is InChI=1S/C18H15F6NO2/c1-10-4-3-5-15(11(10)2)27-9-16(26)25-14-7-12(17(19,20)21)6-13(8-14)18(22,23)24/h3-8H,9H2,1-2H3,(H,25,26). The van der Waals surface area contributed by atoms with E-state index in [1.54, 1.807) is 19.1 Å². The molecule has 0 fully saturated rings. The van der Waals surface area contributed by atoms with E-state index >= 15 is 0 Å². The predicted molar refractivity (Wildman–Crippen MR) is 86.5 cm³/mol. The van der Waals surface area contributed by atoms with Crippen LogP contribution in [0.2, 0.25) is 0 Å². The van der Waals surface area contributed by atoms with E-state index in [0.717, 1.165) is 11.1 Å². The van der Waals surface area contributed by atoms with Gasteiger partial charge in [-0.2, -0.15) is 26.3 Å². The number of halogens is 6. The Morgan fingerprint density at radius 1 is 0.963 bits per heavy atom.